The molecular weight excluding hydrogens is 631 g/mol. The smallest absolute Gasteiger partial charge is 0.227 e. The summed E-state index contributed by atoms with van der Waals surface area (Å²) in [4.78, 5) is 21.9. The van der Waals surface area contributed by atoms with Gasteiger partial charge in [0.15, 0.2) is 0 Å². The molecular formula is C42H28Cl2N4. The molecule has 0 spiro atoms. The summed E-state index contributed by atoms with van der Waals surface area (Å²) in [6.45, 7) is 0. The largest absolute Gasteiger partial charge is 0.251 e. The van der Waals surface area contributed by atoms with Crippen LogP contribution in [-0.4, -0.2) is 23.3 Å². The zero-order chi connectivity index (χ0) is 32.6. The Hall–Kier alpha value is -5.42. The minimum atomic E-state index is -1.45. The van der Waals surface area contributed by atoms with Gasteiger partial charge in [-0.3, -0.25) is 4.99 Å². The highest BCUT2D eigenvalue weighted by Gasteiger charge is 2.60. The van der Waals surface area contributed by atoms with Crippen molar-refractivity contribution in [2.24, 2.45) is 20.0 Å². The van der Waals surface area contributed by atoms with Crippen LogP contribution < -0.4 is 0 Å². The molecule has 0 aliphatic carbocycles. The fourth-order valence-electron chi connectivity index (χ4n) is 6.48. The molecule has 0 aromatic heterocycles. The van der Waals surface area contributed by atoms with Gasteiger partial charge in [-0.1, -0.05) is 175 Å². The lowest BCUT2D eigenvalue weighted by Gasteiger charge is -2.39. The predicted molar refractivity (Wildman–Crippen MR) is 199 cm³/mol. The molecule has 48 heavy (non-hydrogen) atoms. The van der Waals surface area contributed by atoms with Crippen LogP contribution in [0, 0.1) is 0 Å². The lowest BCUT2D eigenvalue weighted by atomic mass is 9.82. The van der Waals surface area contributed by atoms with Crippen LogP contribution in [-0.2, 0) is 11.3 Å². The average molecular weight is 660 g/mol. The number of hydrogen-bond acceptors (Lipinski definition) is 4. The fourth-order valence-corrected chi connectivity index (χ4v) is 7.01. The summed E-state index contributed by atoms with van der Waals surface area (Å²) in [5, 5.41) is 1.01. The SMILES string of the molecule is Clc1ccccc1C1(C2(c3ccccc3Cl)N=C(c3ccccc3)C(c3ccccc3)=N2)N=CC(c2ccc(-c3ccccc3)cc2)=N1. The summed E-state index contributed by atoms with van der Waals surface area (Å²) in [6.07, 6.45) is 1.81. The van der Waals surface area contributed by atoms with Gasteiger partial charge in [0, 0.05) is 37.9 Å². The van der Waals surface area contributed by atoms with Gasteiger partial charge in [0.05, 0.1) is 23.3 Å². The molecule has 4 nitrogen and oxygen atoms in total. The Morgan fingerprint density at radius 3 is 1.25 bits per heavy atom. The van der Waals surface area contributed by atoms with Crippen LogP contribution in [0.25, 0.3) is 11.1 Å². The van der Waals surface area contributed by atoms with Gasteiger partial charge in [0.25, 0.3) is 0 Å². The summed E-state index contributed by atoms with van der Waals surface area (Å²) in [7, 11) is 0. The molecule has 0 fully saturated rings. The highest BCUT2D eigenvalue weighted by Crippen LogP contribution is 2.56. The lowest BCUT2D eigenvalue weighted by molar-refractivity contribution is 0.257. The zero-order valence-electron chi connectivity index (χ0n) is 25.7. The third-order valence-corrected chi connectivity index (χ3v) is 9.45. The standard InChI is InChI=1S/C42H28Cl2N4/c43-36-22-12-10-20-34(36)41(45-28-38(46-41)31-26-24-30(25-27-31)29-14-4-1-5-15-29)42(35-21-11-13-23-37(35)44)47-39(32-16-6-2-7-17-32)40(48-42)33-18-8-3-9-19-33/h1-28H. The number of benzene rings is 6. The normalized spacial score (nSPS) is 17.9. The summed E-state index contributed by atoms with van der Waals surface area (Å²) in [5.74, 6) is 0. The van der Waals surface area contributed by atoms with E-state index in [4.69, 9.17) is 43.2 Å². The first-order valence-corrected chi connectivity index (χ1v) is 16.5. The molecule has 8 rings (SSSR count). The molecule has 6 heteroatoms. The quantitative estimate of drug-likeness (QED) is 0.164. The minimum Gasteiger partial charge on any atom is -0.251 e. The topological polar surface area (TPSA) is 49.4 Å². The van der Waals surface area contributed by atoms with Crippen molar-refractivity contribution in [3.8, 4) is 11.1 Å². The molecule has 6 aromatic rings. The van der Waals surface area contributed by atoms with Gasteiger partial charge in [-0.2, -0.15) is 0 Å². The van der Waals surface area contributed by atoms with Crippen molar-refractivity contribution in [3.63, 3.8) is 0 Å². The van der Waals surface area contributed by atoms with E-state index >= 15 is 0 Å². The number of rotatable bonds is 7. The highest BCUT2D eigenvalue weighted by molar-refractivity contribution is 6.54. The van der Waals surface area contributed by atoms with Gasteiger partial charge >= 0.3 is 0 Å². The maximum Gasteiger partial charge on any atom is 0.227 e. The summed E-state index contributed by atoms with van der Waals surface area (Å²) < 4.78 is 0. The highest BCUT2D eigenvalue weighted by atomic mass is 35.5. The molecule has 2 aliphatic rings. The van der Waals surface area contributed by atoms with E-state index in [2.05, 4.69) is 36.4 Å². The lowest BCUT2D eigenvalue weighted by Crippen LogP contribution is -2.43. The van der Waals surface area contributed by atoms with Crippen LogP contribution in [0.5, 0.6) is 0 Å². The minimum absolute atomic E-state index is 0.504. The Kier molecular flexibility index (Phi) is 7.68. The molecule has 1 unspecified atom stereocenters. The number of aliphatic imine (C=N–C) groups is 4. The average Bonchev–Trinajstić information content (AvgIpc) is 3.79. The molecule has 0 saturated carbocycles. The number of hydrogen-bond donors (Lipinski definition) is 0. The Balaban J connectivity index is 1.41. The second-order valence-corrected chi connectivity index (χ2v) is 12.5. The Morgan fingerprint density at radius 1 is 0.354 bits per heavy atom. The summed E-state index contributed by atoms with van der Waals surface area (Å²) in [6, 6.07) is 54.2. The molecule has 230 valence electrons. The maximum atomic E-state index is 7.11. The van der Waals surface area contributed by atoms with Crippen LogP contribution in [0.1, 0.15) is 27.8 Å². The van der Waals surface area contributed by atoms with Crippen molar-refractivity contribution in [1.82, 2.24) is 0 Å². The zero-order valence-corrected chi connectivity index (χ0v) is 27.2. The van der Waals surface area contributed by atoms with Crippen molar-refractivity contribution in [2.45, 2.75) is 11.3 Å². The molecule has 1 atom stereocenters. The van der Waals surface area contributed by atoms with Gasteiger partial charge in [-0.05, 0) is 23.3 Å². The third kappa shape index (κ3) is 5.02. The summed E-state index contributed by atoms with van der Waals surface area (Å²) in [5.41, 5.74) is 5.63. The molecule has 2 aliphatic heterocycles. The first-order chi connectivity index (χ1) is 23.6. The second kappa shape index (κ2) is 12.3. The molecule has 6 aromatic carbocycles. The first-order valence-electron chi connectivity index (χ1n) is 15.7. The van der Waals surface area contributed by atoms with Crippen molar-refractivity contribution in [3.05, 3.63) is 202 Å². The molecule has 0 radical (unpaired) electrons. The molecule has 0 amide bonds. The molecule has 0 saturated heterocycles. The second-order valence-electron chi connectivity index (χ2n) is 11.7. The van der Waals surface area contributed by atoms with Crippen molar-refractivity contribution in [1.29, 1.82) is 0 Å². The van der Waals surface area contributed by atoms with Gasteiger partial charge in [-0.25, -0.2) is 15.0 Å². The van der Waals surface area contributed by atoms with Crippen molar-refractivity contribution in [2.75, 3.05) is 0 Å². The Labute approximate surface area is 289 Å². The van der Waals surface area contributed by atoms with Crippen LogP contribution in [0.3, 0.4) is 0 Å². The Morgan fingerprint density at radius 2 is 0.750 bits per heavy atom. The van der Waals surface area contributed by atoms with Crippen molar-refractivity contribution >= 4 is 46.6 Å². The molecule has 0 N–H and O–H groups in total. The Bertz CT molecular complexity index is 2190. The van der Waals surface area contributed by atoms with E-state index in [0.29, 0.717) is 26.9 Å². The van der Waals surface area contributed by atoms with Crippen LogP contribution in [0.15, 0.2) is 184 Å². The van der Waals surface area contributed by atoms with Crippen molar-refractivity contribution < 1.29 is 0 Å². The fraction of sp³-hybridized carbons (Fsp3) is 0.0476. The van der Waals surface area contributed by atoms with E-state index in [1.807, 2.05) is 134 Å². The maximum absolute atomic E-state index is 7.11. The van der Waals surface area contributed by atoms with Gasteiger partial charge < -0.3 is 0 Å². The van der Waals surface area contributed by atoms with E-state index < -0.39 is 11.3 Å². The van der Waals surface area contributed by atoms with E-state index in [1.54, 1.807) is 0 Å². The van der Waals surface area contributed by atoms with Crippen LogP contribution >= 0.6 is 23.2 Å². The number of halogens is 2. The predicted octanol–water partition coefficient (Wildman–Crippen LogP) is 10.2. The van der Waals surface area contributed by atoms with E-state index in [-0.39, 0.29) is 0 Å². The molecule has 2 heterocycles. The monoisotopic (exact) mass is 658 g/mol. The van der Waals surface area contributed by atoms with Gasteiger partial charge in [-0.15, -0.1) is 0 Å². The van der Waals surface area contributed by atoms with Crippen LogP contribution in [0.2, 0.25) is 10.0 Å². The third-order valence-electron chi connectivity index (χ3n) is 8.79. The van der Waals surface area contributed by atoms with Crippen LogP contribution in [0.4, 0.5) is 0 Å². The van der Waals surface area contributed by atoms with Gasteiger partial charge in [0.2, 0.25) is 11.3 Å². The summed E-state index contributed by atoms with van der Waals surface area (Å²) >= 11 is 14.2. The van der Waals surface area contributed by atoms with Gasteiger partial charge in [0.1, 0.15) is 0 Å². The number of nitrogens with zero attached hydrogens (tertiary/aromatic N) is 4. The van der Waals surface area contributed by atoms with E-state index in [0.717, 1.165) is 39.2 Å². The van der Waals surface area contributed by atoms with E-state index in [1.165, 1.54) is 0 Å². The van der Waals surface area contributed by atoms with E-state index in [9.17, 15) is 0 Å². The first kappa shape index (κ1) is 29.9. The molecule has 0 bridgehead atoms.